The smallest absolute Gasteiger partial charge is 0.375 e. The predicted molar refractivity (Wildman–Crippen MR) is 45.2 cm³/mol. The summed E-state index contributed by atoms with van der Waals surface area (Å²) in [7, 11) is 0. The van der Waals surface area contributed by atoms with Crippen molar-refractivity contribution in [3.05, 3.63) is 0 Å². The normalized spacial score (nSPS) is 10.8. The quantitative estimate of drug-likeness (QED) is 0.294. The molecule has 1 amide bonds. The van der Waals surface area contributed by atoms with Gasteiger partial charge < -0.3 is 4.74 Å². The molecule has 0 aliphatic carbocycles. The second-order valence-corrected chi connectivity index (χ2v) is 3.58. The van der Waals surface area contributed by atoms with E-state index in [2.05, 4.69) is 4.74 Å². The molecule has 0 aliphatic heterocycles. The highest BCUT2D eigenvalue weighted by Gasteiger charge is 2.27. The van der Waals surface area contributed by atoms with Crippen LogP contribution in [-0.2, 0) is 9.53 Å². The van der Waals surface area contributed by atoms with Crippen LogP contribution < -0.4 is 0 Å². The van der Waals surface area contributed by atoms with E-state index >= 15 is 0 Å². The van der Waals surface area contributed by atoms with Gasteiger partial charge in [-0.3, -0.25) is 10.0 Å². The topological polar surface area (TPSA) is 66.8 Å². The summed E-state index contributed by atoms with van der Waals surface area (Å²) in [5.41, 5.74) is -0.773. The number of nitrogens with zero attached hydrogens (tertiary/aromatic N) is 1. The Balaban J connectivity index is 4.20. The molecule has 0 radical (unpaired) electrons. The molecule has 0 heterocycles. The van der Waals surface area contributed by atoms with Gasteiger partial charge in [-0.25, -0.2) is 4.79 Å². The molecule has 0 bridgehead atoms. The molecule has 5 nitrogen and oxygen atoms in total. The van der Waals surface area contributed by atoms with Crippen molar-refractivity contribution in [1.29, 1.82) is 0 Å². The molecule has 13 heavy (non-hydrogen) atoms. The minimum atomic E-state index is -1.04. The van der Waals surface area contributed by atoms with E-state index in [0.29, 0.717) is 5.06 Å². The molecule has 0 aliphatic rings. The van der Waals surface area contributed by atoms with E-state index in [9.17, 15) is 14.8 Å². The van der Waals surface area contributed by atoms with Gasteiger partial charge in [0.15, 0.2) is 0 Å². The van der Waals surface area contributed by atoms with Crippen LogP contribution >= 0.6 is 0 Å². The van der Waals surface area contributed by atoms with Crippen LogP contribution in [0.3, 0.4) is 0 Å². The van der Waals surface area contributed by atoms with Gasteiger partial charge in [0.25, 0.3) is 0 Å². The molecular formula is C8H15NO4. The standard InChI is InChI=1S/C8H15NO4/c1-5-6(10)13-7(11)9(12)8(2,3)4/h12H,5H2,1-4H3. The summed E-state index contributed by atoms with van der Waals surface area (Å²) in [6.45, 7) is 6.41. The highest BCUT2D eigenvalue weighted by atomic mass is 16.7. The van der Waals surface area contributed by atoms with E-state index in [0.717, 1.165) is 0 Å². The Hall–Kier alpha value is -1.10. The van der Waals surface area contributed by atoms with Crippen LogP contribution in [0.1, 0.15) is 34.1 Å². The molecule has 0 saturated heterocycles. The Morgan fingerprint density at radius 1 is 1.38 bits per heavy atom. The first-order valence-electron chi connectivity index (χ1n) is 4.02. The van der Waals surface area contributed by atoms with Crippen molar-refractivity contribution in [1.82, 2.24) is 5.06 Å². The monoisotopic (exact) mass is 189 g/mol. The highest BCUT2D eigenvalue weighted by Crippen LogP contribution is 2.11. The molecule has 0 unspecified atom stereocenters. The molecule has 0 aromatic carbocycles. The summed E-state index contributed by atoms with van der Waals surface area (Å²) in [4.78, 5) is 21.7. The van der Waals surface area contributed by atoms with E-state index < -0.39 is 17.6 Å². The van der Waals surface area contributed by atoms with Gasteiger partial charge in [0.05, 0.1) is 5.54 Å². The molecule has 0 spiro atoms. The number of carbonyl (C=O) groups excluding carboxylic acids is 2. The molecule has 0 saturated carbocycles. The second-order valence-electron chi connectivity index (χ2n) is 3.58. The number of hydroxylamine groups is 2. The predicted octanol–water partition coefficient (Wildman–Crippen LogP) is 1.55. The van der Waals surface area contributed by atoms with Gasteiger partial charge in [-0.15, -0.1) is 0 Å². The summed E-state index contributed by atoms with van der Waals surface area (Å²) in [6, 6.07) is 0. The maximum absolute atomic E-state index is 11.0. The number of rotatable bonds is 1. The van der Waals surface area contributed by atoms with Crippen LogP contribution in [0, 0.1) is 0 Å². The Morgan fingerprint density at radius 3 is 2.15 bits per heavy atom. The van der Waals surface area contributed by atoms with Crippen LogP contribution in [0.4, 0.5) is 4.79 Å². The van der Waals surface area contributed by atoms with Gasteiger partial charge >= 0.3 is 12.1 Å². The lowest BCUT2D eigenvalue weighted by molar-refractivity contribution is -0.154. The molecule has 0 aromatic heterocycles. The van der Waals surface area contributed by atoms with Crippen LogP contribution in [-0.4, -0.2) is 27.9 Å². The SMILES string of the molecule is CCC(=O)OC(=O)N(O)C(C)(C)C. The minimum absolute atomic E-state index is 0.101. The highest BCUT2D eigenvalue weighted by molar-refractivity contribution is 5.84. The van der Waals surface area contributed by atoms with Gasteiger partial charge in [-0.1, -0.05) is 6.92 Å². The number of carbonyl (C=O) groups is 2. The Labute approximate surface area is 77.2 Å². The fourth-order valence-electron chi connectivity index (χ4n) is 0.487. The van der Waals surface area contributed by atoms with Crippen molar-refractivity contribution in [2.24, 2.45) is 0 Å². The van der Waals surface area contributed by atoms with Gasteiger partial charge in [-0.2, -0.15) is 5.06 Å². The first-order valence-corrected chi connectivity index (χ1v) is 4.02. The van der Waals surface area contributed by atoms with Gasteiger partial charge in [0.1, 0.15) is 0 Å². The fourth-order valence-corrected chi connectivity index (χ4v) is 0.487. The average molecular weight is 189 g/mol. The van der Waals surface area contributed by atoms with Crippen LogP contribution in [0.2, 0.25) is 0 Å². The first-order chi connectivity index (χ1) is 5.79. The van der Waals surface area contributed by atoms with E-state index in [-0.39, 0.29) is 6.42 Å². The summed E-state index contributed by atoms with van der Waals surface area (Å²) < 4.78 is 4.29. The largest absolute Gasteiger partial charge is 0.441 e. The summed E-state index contributed by atoms with van der Waals surface area (Å²) >= 11 is 0. The van der Waals surface area contributed by atoms with Crippen LogP contribution in [0.25, 0.3) is 0 Å². The lowest BCUT2D eigenvalue weighted by Crippen LogP contribution is -2.44. The number of ether oxygens (including phenoxy) is 1. The Bertz CT molecular complexity index is 207. The third-order valence-corrected chi connectivity index (χ3v) is 1.30. The first kappa shape index (κ1) is 11.9. The molecule has 5 heteroatoms. The zero-order valence-electron chi connectivity index (χ0n) is 8.33. The van der Waals surface area contributed by atoms with Crippen LogP contribution in [0.15, 0.2) is 0 Å². The van der Waals surface area contributed by atoms with Crippen molar-refractivity contribution in [2.45, 2.75) is 39.7 Å². The third-order valence-electron chi connectivity index (χ3n) is 1.30. The number of esters is 1. The third kappa shape index (κ3) is 3.89. The summed E-state index contributed by atoms with van der Waals surface area (Å²) in [6.07, 6.45) is -0.941. The molecular weight excluding hydrogens is 174 g/mol. The Morgan fingerprint density at radius 2 is 1.85 bits per heavy atom. The van der Waals surface area contributed by atoms with E-state index in [4.69, 9.17) is 0 Å². The Kier molecular flexibility index (Phi) is 3.87. The number of amides is 1. The zero-order chi connectivity index (χ0) is 10.6. The maximum atomic E-state index is 11.0. The van der Waals surface area contributed by atoms with E-state index in [1.165, 1.54) is 0 Å². The summed E-state index contributed by atoms with van der Waals surface area (Å²) in [5, 5.41) is 9.59. The van der Waals surface area contributed by atoms with Crippen molar-refractivity contribution in [3.63, 3.8) is 0 Å². The van der Waals surface area contributed by atoms with Gasteiger partial charge in [-0.05, 0) is 20.8 Å². The van der Waals surface area contributed by atoms with Crippen molar-refractivity contribution >= 4 is 12.1 Å². The molecule has 76 valence electrons. The average Bonchev–Trinajstić information content (AvgIpc) is 2.01. The van der Waals surface area contributed by atoms with E-state index in [1.807, 2.05) is 0 Å². The van der Waals surface area contributed by atoms with Crippen molar-refractivity contribution in [2.75, 3.05) is 0 Å². The second kappa shape index (κ2) is 4.23. The molecule has 0 rings (SSSR count). The molecule has 0 fully saturated rings. The van der Waals surface area contributed by atoms with Crippen molar-refractivity contribution in [3.8, 4) is 0 Å². The molecule has 0 atom stereocenters. The molecule has 0 aromatic rings. The number of hydrogen-bond donors (Lipinski definition) is 1. The van der Waals surface area contributed by atoms with Crippen LogP contribution in [0.5, 0.6) is 0 Å². The lowest BCUT2D eigenvalue weighted by Gasteiger charge is -2.27. The zero-order valence-corrected chi connectivity index (χ0v) is 8.33. The minimum Gasteiger partial charge on any atom is -0.375 e. The van der Waals surface area contributed by atoms with Gasteiger partial charge in [0.2, 0.25) is 0 Å². The molecule has 1 N–H and O–H groups in total. The van der Waals surface area contributed by atoms with Crippen molar-refractivity contribution < 1.29 is 19.5 Å². The summed E-state index contributed by atoms with van der Waals surface area (Å²) in [5.74, 6) is -0.659. The lowest BCUT2D eigenvalue weighted by atomic mass is 10.1. The van der Waals surface area contributed by atoms with Gasteiger partial charge in [0, 0.05) is 6.42 Å². The maximum Gasteiger partial charge on any atom is 0.441 e. The number of hydrogen-bond acceptors (Lipinski definition) is 4. The van der Waals surface area contributed by atoms with E-state index in [1.54, 1.807) is 27.7 Å². The fraction of sp³-hybridized carbons (Fsp3) is 0.750.